The monoisotopic (exact) mass is 323 g/mol. The number of rotatable bonds is 5. The number of carbonyl (C=O) groups excluding carboxylic acids is 2. The molecular weight excluding hydrogens is 301 g/mol. The van der Waals surface area contributed by atoms with Crippen molar-refractivity contribution >= 4 is 11.9 Å². The molecule has 0 spiro atoms. The van der Waals surface area contributed by atoms with E-state index in [0.29, 0.717) is 32.7 Å². The summed E-state index contributed by atoms with van der Waals surface area (Å²) in [4.78, 5) is 26.0. The van der Waals surface area contributed by atoms with Gasteiger partial charge in [0.2, 0.25) is 0 Å². The maximum Gasteiger partial charge on any atom is 0.309 e. The highest BCUT2D eigenvalue weighted by atomic mass is 19.1. The van der Waals surface area contributed by atoms with Crippen molar-refractivity contribution < 1.29 is 23.5 Å². The summed E-state index contributed by atoms with van der Waals surface area (Å²) < 4.78 is 23.6. The minimum atomic E-state index is -0.824. The number of halogens is 1. The average Bonchev–Trinajstić information content (AvgIpc) is 2.54. The highest BCUT2D eigenvalue weighted by molar-refractivity contribution is 5.84. The third kappa shape index (κ3) is 5.03. The molecule has 0 radical (unpaired) electrons. The zero-order valence-electron chi connectivity index (χ0n) is 13.5. The molecule has 0 N–H and O–H groups in total. The Balaban J connectivity index is 1.85. The van der Waals surface area contributed by atoms with E-state index >= 15 is 0 Å². The molecule has 1 fully saturated rings. The lowest BCUT2D eigenvalue weighted by Gasteiger charge is -2.29. The van der Waals surface area contributed by atoms with Gasteiger partial charge in [-0.3, -0.25) is 9.59 Å². The van der Waals surface area contributed by atoms with E-state index < -0.39 is 18.0 Å². The minimum Gasteiger partial charge on any atom is -0.452 e. The van der Waals surface area contributed by atoms with Crippen molar-refractivity contribution in [3.05, 3.63) is 35.6 Å². The Hall–Kier alpha value is -1.95. The number of nitrogens with zero attached hydrogens (tertiary/aromatic N) is 1. The Morgan fingerprint density at radius 3 is 2.65 bits per heavy atom. The maximum absolute atomic E-state index is 13.2. The van der Waals surface area contributed by atoms with Crippen LogP contribution in [0.4, 0.5) is 4.39 Å². The van der Waals surface area contributed by atoms with Gasteiger partial charge in [-0.25, -0.2) is 4.39 Å². The van der Waals surface area contributed by atoms with Crippen LogP contribution in [0, 0.1) is 11.7 Å². The molecule has 0 aromatic heterocycles. The zero-order valence-corrected chi connectivity index (χ0v) is 13.5. The smallest absolute Gasteiger partial charge is 0.309 e. The van der Waals surface area contributed by atoms with Gasteiger partial charge < -0.3 is 14.4 Å². The molecule has 2 rings (SSSR count). The van der Waals surface area contributed by atoms with Crippen molar-refractivity contribution in [3.8, 4) is 0 Å². The molecule has 0 aliphatic carbocycles. The van der Waals surface area contributed by atoms with Gasteiger partial charge in [0, 0.05) is 13.1 Å². The number of amides is 1. The number of ether oxygens (including phenoxy) is 2. The number of hydrogen-bond acceptors (Lipinski definition) is 4. The predicted molar refractivity (Wildman–Crippen MR) is 82.2 cm³/mol. The van der Waals surface area contributed by atoms with Crippen molar-refractivity contribution in [2.24, 2.45) is 5.92 Å². The van der Waals surface area contributed by atoms with E-state index in [1.807, 2.05) is 0 Å². The molecule has 126 valence electrons. The first kappa shape index (κ1) is 17.4. The van der Waals surface area contributed by atoms with Gasteiger partial charge in [-0.15, -0.1) is 0 Å². The summed E-state index contributed by atoms with van der Waals surface area (Å²) in [7, 11) is 0. The van der Waals surface area contributed by atoms with Crippen molar-refractivity contribution in [3.63, 3.8) is 0 Å². The Labute approximate surface area is 135 Å². The number of morpholine rings is 1. The molecule has 0 bridgehead atoms. The fourth-order valence-corrected chi connectivity index (χ4v) is 2.48. The summed E-state index contributed by atoms with van der Waals surface area (Å²) in [6.07, 6.45) is -0.453. The highest BCUT2D eigenvalue weighted by Gasteiger charge is 2.27. The largest absolute Gasteiger partial charge is 0.452 e. The molecular formula is C17H22FNO4. The Kier molecular flexibility index (Phi) is 6.10. The standard InChI is InChI=1S/C17H22FNO4/c1-12(10-14-4-3-5-15(18)11-14)17(21)23-13(2)16(20)19-6-8-22-9-7-19/h3-5,11-13H,6-10H2,1-2H3. The topological polar surface area (TPSA) is 55.8 Å². The fraction of sp³-hybridized carbons (Fsp3) is 0.529. The summed E-state index contributed by atoms with van der Waals surface area (Å²) in [5.74, 6) is -1.45. The zero-order chi connectivity index (χ0) is 16.8. The molecule has 2 unspecified atom stereocenters. The molecule has 1 aliphatic heterocycles. The second-order valence-electron chi connectivity index (χ2n) is 5.75. The Morgan fingerprint density at radius 2 is 2.00 bits per heavy atom. The van der Waals surface area contributed by atoms with Crippen LogP contribution in [0.5, 0.6) is 0 Å². The molecule has 1 amide bonds. The lowest BCUT2D eigenvalue weighted by atomic mass is 10.0. The van der Waals surface area contributed by atoms with Crippen molar-refractivity contribution in [2.75, 3.05) is 26.3 Å². The molecule has 1 aromatic rings. The first-order valence-corrected chi connectivity index (χ1v) is 7.79. The van der Waals surface area contributed by atoms with Gasteiger partial charge >= 0.3 is 5.97 Å². The number of hydrogen-bond donors (Lipinski definition) is 0. The maximum atomic E-state index is 13.2. The van der Waals surface area contributed by atoms with Crippen molar-refractivity contribution in [1.29, 1.82) is 0 Å². The number of carbonyl (C=O) groups is 2. The van der Waals surface area contributed by atoms with E-state index in [2.05, 4.69) is 0 Å². The van der Waals surface area contributed by atoms with E-state index in [1.165, 1.54) is 12.1 Å². The SMILES string of the molecule is CC(Cc1cccc(F)c1)C(=O)OC(C)C(=O)N1CCOCC1. The first-order chi connectivity index (χ1) is 11.0. The van der Waals surface area contributed by atoms with E-state index in [9.17, 15) is 14.0 Å². The van der Waals surface area contributed by atoms with Crippen LogP contribution in [-0.4, -0.2) is 49.2 Å². The van der Waals surface area contributed by atoms with Crippen molar-refractivity contribution in [1.82, 2.24) is 4.90 Å². The molecule has 5 nitrogen and oxygen atoms in total. The quantitative estimate of drug-likeness (QED) is 0.775. The van der Waals surface area contributed by atoms with Crippen LogP contribution in [0.3, 0.4) is 0 Å². The van der Waals surface area contributed by atoms with Gasteiger partial charge in [0.25, 0.3) is 5.91 Å². The van der Waals surface area contributed by atoms with Gasteiger partial charge in [-0.2, -0.15) is 0 Å². The van der Waals surface area contributed by atoms with Gasteiger partial charge in [-0.1, -0.05) is 19.1 Å². The molecule has 1 heterocycles. The van der Waals surface area contributed by atoms with Gasteiger partial charge in [0.1, 0.15) is 5.82 Å². The lowest BCUT2D eigenvalue weighted by molar-refractivity contribution is -0.163. The molecule has 0 saturated carbocycles. The van der Waals surface area contributed by atoms with Crippen LogP contribution in [0.15, 0.2) is 24.3 Å². The third-order valence-corrected chi connectivity index (χ3v) is 3.80. The summed E-state index contributed by atoms with van der Waals surface area (Å²) in [5.41, 5.74) is 0.724. The summed E-state index contributed by atoms with van der Waals surface area (Å²) in [6, 6.07) is 6.12. The second-order valence-corrected chi connectivity index (χ2v) is 5.75. The van der Waals surface area contributed by atoms with Crippen LogP contribution in [0.25, 0.3) is 0 Å². The average molecular weight is 323 g/mol. The predicted octanol–water partition coefficient (Wildman–Crippen LogP) is 1.79. The second kappa shape index (κ2) is 8.06. The normalized spacial score (nSPS) is 17.4. The van der Waals surface area contributed by atoms with Gasteiger partial charge in [0.15, 0.2) is 6.10 Å². The van der Waals surface area contributed by atoms with E-state index in [-0.39, 0.29) is 11.7 Å². The first-order valence-electron chi connectivity index (χ1n) is 7.79. The third-order valence-electron chi connectivity index (χ3n) is 3.80. The molecule has 1 saturated heterocycles. The fourth-order valence-electron chi connectivity index (χ4n) is 2.48. The van der Waals surface area contributed by atoms with E-state index in [4.69, 9.17) is 9.47 Å². The van der Waals surface area contributed by atoms with Crippen molar-refractivity contribution in [2.45, 2.75) is 26.4 Å². The minimum absolute atomic E-state index is 0.209. The van der Waals surface area contributed by atoms with Crippen LogP contribution in [0.1, 0.15) is 19.4 Å². The van der Waals surface area contributed by atoms with E-state index in [1.54, 1.807) is 30.9 Å². The van der Waals surface area contributed by atoms with Crippen LogP contribution in [-0.2, 0) is 25.5 Å². The summed E-state index contributed by atoms with van der Waals surface area (Å²) in [5, 5.41) is 0. The van der Waals surface area contributed by atoms with Crippen LogP contribution >= 0.6 is 0 Å². The van der Waals surface area contributed by atoms with Gasteiger partial charge in [-0.05, 0) is 31.0 Å². The van der Waals surface area contributed by atoms with Gasteiger partial charge in [0.05, 0.1) is 19.1 Å². The van der Waals surface area contributed by atoms with E-state index in [0.717, 1.165) is 5.56 Å². The molecule has 1 aromatic carbocycles. The molecule has 1 aliphatic rings. The molecule has 2 atom stereocenters. The lowest BCUT2D eigenvalue weighted by Crippen LogP contribution is -2.46. The molecule has 23 heavy (non-hydrogen) atoms. The Bertz CT molecular complexity index is 557. The number of esters is 1. The summed E-state index contributed by atoms with van der Waals surface area (Å²) in [6.45, 7) is 5.31. The molecule has 6 heteroatoms. The van der Waals surface area contributed by atoms with Crippen LogP contribution < -0.4 is 0 Å². The Morgan fingerprint density at radius 1 is 1.30 bits per heavy atom. The van der Waals surface area contributed by atoms with Crippen LogP contribution in [0.2, 0.25) is 0 Å². The highest BCUT2D eigenvalue weighted by Crippen LogP contribution is 2.13. The summed E-state index contributed by atoms with van der Waals surface area (Å²) >= 11 is 0. The number of benzene rings is 1.